The molecule has 2 aromatic rings. The Hall–Kier alpha value is -2.54. The van der Waals surface area contributed by atoms with E-state index >= 15 is 0 Å². The van der Waals surface area contributed by atoms with Crippen LogP contribution >= 0.6 is 0 Å². The van der Waals surface area contributed by atoms with Crippen molar-refractivity contribution in [1.82, 2.24) is 4.90 Å². The standard InChI is InChI=1S/C24H29NO2/c1-19(17-22-11-13-23(27-5)14-12-22)24(26,20(2)18-25(3)4)16-15-21-9-7-6-8-10-21/h6-14,17,20,26H,18H2,1-5H3/b19-17-. The number of benzene rings is 2. The quantitative estimate of drug-likeness (QED) is 0.785. The number of hydrogen-bond acceptors (Lipinski definition) is 3. The first kappa shape index (κ1) is 20.8. The van der Waals surface area contributed by atoms with Gasteiger partial charge in [0.15, 0.2) is 5.60 Å². The van der Waals surface area contributed by atoms with Crippen molar-refractivity contribution >= 4 is 6.08 Å². The van der Waals surface area contributed by atoms with Crippen LogP contribution in [-0.2, 0) is 0 Å². The molecule has 0 amide bonds. The summed E-state index contributed by atoms with van der Waals surface area (Å²) < 4.78 is 5.21. The van der Waals surface area contributed by atoms with Gasteiger partial charge in [0.05, 0.1) is 7.11 Å². The van der Waals surface area contributed by atoms with Gasteiger partial charge >= 0.3 is 0 Å². The molecule has 0 saturated heterocycles. The van der Waals surface area contributed by atoms with E-state index in [9.17, 15) is 5.11 Å². The summed E-state index contributed by atoms with van der Waals surface area (Å²) in [7, 11) is 5.66. The molecule has 0 aliphatic heterocycles. The maximum atomic E-state index is 11.5. The Bertz CT molecular complexity index is 813. The molecular weight excluding hydrogens is 334 g/mol. The average Bonchev–Trinajstić information content (AvgIpc) is 2.66. The highest BCUT2D eigenvalue weighted by atomic mass is 16.5. The van der Waals surface area contributed by atoms with Crippen LogP contribution in [0.3, 0.4) is 0 Å². The fourth-order valence-electron chi connectivity index (χ4n) is 3.04. The van der Waals surface area contributed by atoms with Gasteiger partial charge < -0.3 is 14.7 Å². The van der Waals surface area contributed by atoms with Gasteiger partial charge in [0.2, 0.25) is 0 Å². The smallest absolute Gasteiger partial charge is 0.151 e. The summed E-state index contributed by atoms with van der Waals surface area (Å²) in [5.41, 5.74) is 1.50. The summed E-state index contributed by atoms with van der Waals surface area (Å²) in [6.45, 7) is 4.70. The van der Waals surface area contributed by atoms with Crippen LogP contribution in [0.25, 0.3) is 6.08 Å². The lowest BCUT2D eigenvalue weighted by atomic mass is 9.81. The molecule has 2 unspecified atom stereocenters. The first-order valence-corrected chi connectivity index (χ1v) is 9.13. The van der Waals surface area contributed by atoms with Crippen molar-refractivity contribution in [2.45, 2.75) is 19.4 Å². The lowest BCUT2D eigenvalue weighted by Crippen LogP contribution is -2.41. The van der Waals surface area contributed by atoms with Gasteiger partial charge in [-0.1, -0.05) is 55.2 Å². The number of methoxy groups -OCH3 is 1. The molecule has 142 valence electrons. The molecule has 2 atom stereocenters. The summed E-state index contributed by atoms with van der Waals surface area (Å²) in [4.78, 5) is 2.07. The summed E-state index contributed by atoms with van der Waals surface area (Å²) in [5.74, 6) is 7.04. The minimum atomic E-state index is -1.22. The lowest BCUT2D eigenvalue weighted by molar-refractivity contribution is 0.0683. The van der Waals surface area contributed by atoms with Crippen LogP contribution in [0.5, 0.6) is 5.75 Å². The third-order valence-corrected chi connectivity index (χ3v) is 4.62. The molecule has 0 radical (unpaired) electrons. The van der Waals surface area contributed by atoms with Gasteiger partial charge in [0, 0.05) is 18.0 Å². The van der Waals surface area contributed by atoms with E-state index < -0.39 is 5.60 Å². The SMILES string of the molecule is COc1ccc(/C=C(/C)C(O)(C#Cc2ccccc2)C(C)CN(C)C)cc1. The van der Waals surface area contributed by atoms with E-state index in [0.29, 0.717) is 0 Å². The maximum Gasteiger partial charge on any atom is 0.151 e. The second kappa shape index (κ2) is 9.41. The predicted octanol–water partition coefficient (Wildman–Crippen LogP) is 4.08. The van der Waals surface area contributed by atoms with Crippen molar-refractivity contribution < 1.29 is 9.84 Å². The zero-order valence-electron chi connectivity index (χ0n) is 16.9. The van der Waals surface area contributed by atoms with Gasteiger partial charge in [-0.2, -0.15) is 0 Å². The maximum absolute atomic E-state index is 11.5. The molecule has 0 spiro atoms. The number of rotatable bonds is 6. The minimum absolute atomic E-state index is 0.0572. The molecule has 0 fully saturated rings. The number of aliphatic hydroxyl groups is 1. The number of ether oxygens (including phenoxy) is 1. The largest absolute Gasteiger partial charge is 0.497 e. The van der Waals surface area contributed by atoms with Crippen molar-refractivity contribution in [3.05, 3.63) is 71.3 Å². The molecule has 2 aromatic carbocycles. The fourth-order valence-corrected chi connectivity index (χ4v) is 3.04. The van der Waals surface area contributed by atoms with Crippen LogP contribution in [0.2, 0.25) is 0 Å². The highest BCUT2D eigenvalue weighted by molar-refractivity contribution is 5.58. The second-order valence-electron chi connectivity index (χ2n) is 7.15. The van der Waals surface area contributed by atoms with Gasteiger partial charge in [-0.3, -0.25) is 0 Å². The number of hydrogen-bond donors (Lipinski definition) is 1. The minimum Gasteiger partial charge on any atom is -0.497 e. The highest BCUT2D eigenvalue weighted by Crippen LogP contribution is 2.28. The number of nitrogens with zero attached hydrogens (tertiary/aromatic N) is 1. The van der Waals surface area contributed by atoms with Crippen molar-refractivity contribution in [1.29, 1.82) is 0 Å². The Balaban J connectivity index is 2.40. The van der Waals surface area contributed by atoms with E-state index in [-0.39, 0.29) is 5.92 Å². The van der Waals surface area contributed by atoms with Crippen molar-refractivity contribution in [2.75, 3.05) is 27.7 Å². The van der Waals surface area contributed by atoms with Crippen LogP contribution in [0.4, 0.5) is 0 Å². The van der Waals surface area contributed by atoms with Crippen LogP contribution in [0.15, 0.2) is 60.2 Å². The molecule has 0 aliphatic carbocycles. The van der Waals surface area contributed by atoms with Gasteiger partial charge in [0.25, 0.3) is 0 Å². The van der Waals surface area contributed by atoms with Gasteiger partial charge in [-0.05, 0) is 56.4 Å². The normalized spacial score (nSPS) is 14.9. The van der Waals surface area contributed by atoms with Crippen molar-refractivity contribution in [3.8, 4) is 17.6 Å². The second-order valence-corrected chi connectivity index (χ2v) is 7.15. The summed E-state index contributed by atoms with van der Waals surface area (Å²) in [6, 6.07) is 17.5. The van der Waals surface area contributed by atoms with E-state index in [4.69, 9.17) is 4.74 Å². The van der Waals surface area contributed by atoms with Crippen LogP contribution < -0.4 is 4.74 Å². The van der Waals surface area contributed by atoms with Crippen LogP contribution in [0, 0.1) is 17.8 Å². The third kappa shape index (κ3) is 5.72. The topological polar surface area (TPSA) is 32.7 Å². The monoisotopic (exact) mass is 363 g/mol. The predicted molar refractivity (Wildman–Crippen MR) is 113 cm³/mol. The Labute approximate surface area is 163 Å². The molecule has 0 bridgehead atoms. The van der Waals surface area contributed by atoms with E-state index in [2.05, 4.69) is 16.7 Å². The van der Waals surface area contributed by atoms with Gasteiger partial charge in [0.1, 0.15) is 5.75 Å². The molecule has 0 aliphatic rings. The summed E-state index contributed by atoms with van der Waals surface area (Å²) in [5, 5.41) is 11.5. The fraction of sp³-hybridized carbons (Fsp3) is 0.333. The molecule has 0 aromatic heterocycles. The van der Waals surface area contributed by atoms with Crippen LogP contribution in [-0.4, -0.2) is 43.4 Å². The molecule has 2 rings (SSSR count). The van der Waals surface area contributed by atoms with Crippen LogP contribution in [0.1, 0.15) is 25.0 Å². The van der Waals surface area contributed by atoms with E-state index in [0.717, 1.165) is 29.0 Å². The first-order valence-electron chi connectivity index (χ1n) is 9.13. The Kier molecular flexibility index (Phi) is 7.24. The average molecular weight is 364 g/mol. The van der Waals surface area contributed by atoms with Gasteiger partial charge in [-0.15, -0.1) is 0 Å². The Morgan fingerprint density at radius 3 is 2.33 bits per heavy atom. The van der Waals surface area contributed by atoms with E-state index in [1.54, 1.807) is 7.11 Å². The molecule has 1 N–H and O–H groups in total. The van der Waals surface area contributed by atoms with Gasteiger partial charge in [-0.25, -0.2) is 0 Å². The molecule has 27 heavy (non-hydrogen) atoms. The highest BCUT2D eigenvalue weighted by Gasteiger charge is 2.34. The molecular formula is C24H29NO2. The zero-order chi connectivity index (χ0) is 19.9. The van der Waals surface area contributed by atoms with Crippen molar-refractivity contribution in [2.24, 2.45) is 5.92 Å². The molecule has 0 heterocycles. The summed E-state index contributed by atoms with van der Waals surface area (Å²) >= 11 is 0. The third-order valence-electron chi connectivity index (χ3n) is 4.62. The molecule has 0 saturated carbocycles. The van der Waals surface area contributed by atoms with E-state index in [1.807, 2.05) is 88.6 Å². The van der Waals surface area contributed by atoms with Crippen molar-refractivity contribution in [3.63, 3.8) is 0 Å². The van der Waals surface area contributed by atoms with E-state index in [1.165, 1.54) is 0 Å². The zero-order valence-corrected chi connectivity index (χ0v) is 16.9. The Morgan fingerprint density at radius 1 is 1.15 bits per heavy atom. The Morgan fingerprint density at radius 2 is 1.78 bits per heavy atom. The summed E-state index contributed by atoms with van der Waals surface area (Å²) in [6.07, 6.45) is 1.99. The molecule has 3 heteroatoms. The lowest BCUT2D eigenvalue weighted by Gasteiger charge is -2.32. The first-order chi connectivity index (χ1) is 12.8. The molecule has 3 nitrogen and oxygen atoms in total.